The number of benzene rings is 1. The standard InChI is InChI=1S/C29H39N5O4/c1-20-11-12-29(2,30)16-23(14-20)38-27-10-9-25(32-33-27)24-8-7-21(15-26(24)37-19-35-3)22-17-31-34(18-22)28-6-4-5-13-36-28/h7-10,15,17-18,20,23,28H,4-6,11-14,16,19,30H2,1-3H3/t20?,23-,28?,29+/m1/s1. The Morgan fingerprint density at radius 2 is 2.03 bits per heavy atom. The molecule has 0 spiro atoms. The van der Waals surface area contributed by atoms with Gasteiger partial charge in [0.15, 0.2) is 6.79 Å². The van der Waals surface area contributed by atoms with Crippen molar-refractivity contribution in [2.24, 2.45) is 11.7 Å². The summed E-state index contributed by atoms with van der Waals surface area (Å²) in [7, 11) is 1.60. The van der Waals surface area contributed by atoms with Crippen LogP contribution in [-0.4, -0.2) is 52.1 Å². The molecule has 0 radical (unpaired) electrons. The molecule has 38 heavy (non-hydrogen) atoms. The molecule has 1 saturated heterocycles. The van der Waals surface area contributed by atoms with E-state index in [9.17, 15) is 0 Å². The van der Waals surface area contributed by atoms with Gasteiger partial charge in [-0.05, 0) is 75.1 Å². The summed E-state index contributed by atoms with van der Waals surface area (Å²) in [5, 5.41) is 13.4. The maximum absolute atomic E-state index is 6.48. The van der Waals surface area contributed by atoms with Gasteiger partial charge < -0.3 is 24.7 Å². The van der Waals surface area contributed by atoms with Crippen LogP contribution in [0.1, 0.15) is 65.0 Å². The fraction of sp³-hybridized carbons (Fsp3) is 0.552. The van der Waals surface area contributed by atoms with Crippen LogP contribution in [0.4, 0.5) is 0 Å². The number of hydrogen-bond acceptors (Lipinski definition) is 8. The lowest BCUT2D eigenvalue weighted by molar-refractivity contribution is -0.0394. The fourth-order valence-electron chi connectivity index (χ4n) is 5.37. The Labute approximate surface area is 224 Å². The van der Waals surface area contributed by atoms with Gasteiger partial charge in [0.2, 0.25) is 5.88 Å². The van der Waals surface area contributed by atoms with Crippen molar-refractivity contribution in [3.05, 3.63) is 42.7 Å². The van der Waals surface area contributed by atoms with Crippen molar-refractivity contribution in [1.29, 1.82) is 0 Å². The van der Waals surface area contributed by atoms with Crippen LogP contribution >= 0.6 is 0 Å². The highest BCUT2D eigenvalue weighted by Gasteiger charge is 2.31. The summed E-state index contributed by atoms with van der Waals surface area (Å²) >= 11 is 0. The van der Waals surface area contributed by atoms with Crippen molar-refractivity contribution in [1.82, 2.24) is 20.0 Å². The van der Waals surface area contributed by atoms with Crippen LogP contribution < -0.4 is 15.2 Å². The molecule has 204 valence electrons. The van der Waals surface area contributed by atoms with E-state index < -0.39 is 0 Å². The molecule has 4 atom stereocenters. The molecule has 1 aliphatic heterocycles. The smallest absolute Gasteiger partial charge is 0.233 e. The average Bonchev–Trinajstić information content (AvgIpc) is 3.37. The van der Waals surface area contributed by atoms with Gasteiger partial charge in [0, 0.05) is 49.1 Å². The van der Waals surface area contributed by atoms with E-state index in [1.165, 1.54) is 0 Å². The molecule has 1 aliphatic carbocycles. The van der Waals surface area contributed by atoms with Gasteiger partial charge in [0.05, 0.1) is 11.9 Å². The zero-order valence-corrected chi connectivity index (χ0v) is 22.6. The van der Waals surface area contributed by atoms with Crippen molar-refractivity contribution in [3.63, 3.8) is 0 Å². The second-order valence-corrected chi connectivity index (χ2v) is 11.0. The van der Waals surface area contributed by atoms with Crippen LogP contribution in [-0.2, 0) is 9.47 Å². The molecular weight excluding hydrogens is 482 g/mol. The molecule has 0 amide bonds. The number of rotatable bonds is 8. The van der Waals surface area contributed by atoms with Crippen LogP contribution in [0.3, 0.4) is 0 Å². The highest BCUT2D eigenvalue weighted by atomic mass is 16.7. The van der Waals surface area contributed by atoms with E-state index in [1.54, 1.807) is 7.11 Å². The highest BCUT2D eigenvalue weighted by molar-refractivity contribution is 5.74. The molecule has 0 bridgehead atoms. The monoisotopic (exact) mass is 521 g/mol. The summed E-state index contributed by atoms with van der Waals surface area (Å²) in [6.07, 6.45) is 11.1. The Morgan fingerprint density at radius 3 is 2.79 bits per heavy atom. The molecular formula is C29H39N5O4. The maximum Gasteiger partial charge on any atom is 0.233 e. The Morgan fingerprint density at radius 1 is 1.13 bits per heavy atom. The summed E-state index contributed by atoms with van der Waals surface area (Å²) in [4.78, 5) is 0. The van der Waals surface area contributed by atoms with Crippen molar-refractivity contribution >= 4 is 0 Å². The zero-order valence-electron chi connectivity index (χ0n) is 22.6. The predicted molar refractivity (Wildman–Crippen MR) is 145 cm³/mol. The van der Waals surface area contributed by atoms with Crippen molar-refractivity contribution in [2.75, 3.05) is 20.5 Å². The summed E-state index contributed by atoms with van der Waals surface area (Å²) in [5.74, 6) is 1.74. The third kappa shape index (κ3) is 6.51. The Bertz CT molecular complexity index is 1190. The third-order valence-corrected chi connectivity index (χ3v) is 7.47. The average molecular weight is 522 g/mol. The van der Waals surface area contributed by atoms with Crippen LogP contribution in [0.2, 0.25) is 0 Å². The Kier molecular flexibility index (Phi) is 8.26. The lowest BCUT2D eigenvalue weighted by Crippen LogP contribution is -2.39. The molecule has 1 saturated carbocycles. The highest BCUT2D eigenvalue weighted by Crippen LogP contribution is 2.35. The zero-order chi connectivity index (χ0) is 26.5. The number of ether oxygens (including phenoxy) is 4. The fourth-order valence-corrected chi connectivity index (χ4v) is 5.37. The second kappa shape index (κ2) is 11.8. The van der Waals surface area contributed by atoms with E-state index in [2.05, 4.69) is 29.1 Å². The van der Waals surface area contributed by atoms with Gasteiger partial charge in [0.1, 0.15) is 18.1 Å². The van der Waals surface area contributed by atoms with E-state index in [0.717, 1.165) is 68.2 Å². The third-order valence-electron chi connectivity index (χ3n) is 7.47. The van der Waals surface area contributed by atoms with Crippen LogP contribution in [0, 0.1) is 5.92 Å². The van der Waals surface area contributed by atoms with Crippen molar-refractivity contribution in [2.45, 2.75) is 76.7 Å². The van der Waals surface area contributed by atoms with Gasteiger partial charge in [-0.25, -0.2) is 4.68 Å². The van der Waals surface area contributed by atoms with Gasteiger partial charge in [-0.2, -0.15) is 5.10 Å². The SMILES string of the molecule is COCOc1cc(-c2cnn(C3CCCCO3)c2)ccc1-c1ccc(O[C@@H]2CC(C)CC[C@](C)(N)C2)nn1. The maximum atomic E-state index is 6.48. The first-order chi connectivity index (χ1) is 18.4. The summed E-state index contributed by atoms with van der Waals surface area (Å²) in [6, 6.07) is 9.80. The number of hydrogen-bond donors (Lipinski definition) is 1. The minimum absolute atomic E-state index is 0.00297. The molecule has 5 rings (SSSR count). The Hall–Kier alpha value is -3.01. The largest absolute Gasteiger partial charge is 0.473 e. The molecule has 2 aromatic heterocycles. The summed E-state index contributed by atoms with van der Waals surface area (Å²) < 4.78 is 25.1. The van der Waals surface area contributed by atoms with Gasteiger partial charge in [0.25, 0.3) is 0 Å². The van der Waals surface area contributed by atoms with E-state index in [1.807, 2.05) is 47.4 Å². The lowest BCUT2D eigenvalue weighted by Gasteiger charge is -2.26. The first-order valence-corrected chi connectivity index (χ1v) is 13.6. The first-order valence-electron chi connectivity index (χ1n) is 13.6. The second-order valence-electron chi connectivity index (χ2n) is 11.0. The molecule has 2 aliphatic rings. The van der Waals surface area contributed by atoms with E-state index >= 15 is 0 Å². The number of nitrogens with two attached hydrogens (primary N) is 1. The van der Waals surface area contributed by atoms with Crippen LogP contribution in [0.25, 0.3) is 22.4 Å². The van der Waals surface area contributed by atoms with Crippen LogP contribution in [0.15, 0.2) is 42.7 Å². The molecule has 9 nitrogen and oxygen atoms in total. The Balaban J connectivity index is 1.34. The first kappa shape index (κ1) is 26.6. The molecule has 1 aromatic carbocycles. The lowest BCUT2D eigenvalue weighted by atomic mass is 9.93. The normalized spacial score (nSPS) is 26.1. The van der Waals surface area contributed by atoms with E-state index in [4.69, 9.17) is 24.7 Å². The molecule has 3 heterocycles. The van der Waals surface area contributed by atoms with Gasteiger partial charge in [-0.3, -0.25) is 0 Å². The topological polar surface area (TPSA) is 107 Å². The van der Waals surface area contributed by atoms with E-state index in [0.29, 0.717) is 23.2 Å². The summed E-state index contributed by atoms with van der Waals surface area (Å²) in [5.41, 5.74) is 9.76. The molecule has 2 N–H and O–H groups in total. The number of aromatic nitrogens is 4. The minimum atomic E-state index is -0.224. The van der Waals surface area contributed by atoms with E-state index in [-0.39, 0.29) is 24.7 Å². The van der Waals surface area contributed by atoms with Gasteiger partial charge in [-0.15, -0.1) is 10.2 Å². The van der Waals surface area contributed by atoms with Crippen molar-refractivity contribution in [3.8, 4) is 34.0 Å². The molecule has 3 aromatic rings. The minimum Gasteiger partial charge on any atom is -0.473 e. The predicted octanol–water partition coefficient (Wildman–Crippen LogP) is 5.36. The van der Waals surface area contributed by atoms with Gasteiger partial charge in [-0.1, -0.05) is 13.0 Å². The summed E-state index contributed by atoms with van der Waals surface area (Å²) in [6.45, 7) is 5.27. The molecule has 2 unspecified atom stereocenters. The van der Waals surface area contributed by atoms with Crippen LogP contribution in [0.5, 0.6) is 11.6 Å². The number of nitrogens with zero attached hydrogens (tertiary/aromatic N) is 4. The van der Waals surface area contributed by atoms with Gasteiger partial charge >= 0.3 is 0 Å². The van der Waals surface area contributed by atoms with Crippen molar-refractivity contribution < 1.29 is 18.9 Å². The molecule has 9 heteroatoms. The quantitative estimate of drug-likeness (QED) is 0.312. The molecule has 2 fully saturated rings. The number of methoxy groups -OCH3 is 1.